The molecule has 2 heteroatoms. The average Bonchev–Trinajstić information content (AvgIpc) is 2.39. The monoisotopic (exact) mass is 210 g/mol. The van der Waals surface area contributed by atoms with E-state index < -0.39 is 0 Å². The minimum absolute atomic E-state index is 0.998. The van der Waals surface area contributed by atoms with Crippen molar-refractivity contribution in [1.29, 1.82) is 0 Å². The van der Waals surface area contributed by atoms with Gasteiger partial charge in [0.25, 0.3) is 0 Å². The Morgan fingerprint density at radius 1 is 1.06 bits per heavy atom. The molecule has 0 bridgehead atoms. The quantitative estimate of drug-likeness (QED) is 0.781. The van der Waals surface area contributed by atoms with Crippen molar-refractivity contribution in [2.45, 2.75) is 13.0 Å². The van der Waals surface area contributed by atoms with Gasteiger partial charge in [0.1, 0.15) is 0 Å². The molecule has 3 rings (SSSR count). The highest BCUT2D eigenvalue weighted by Crippen LogP contribution is 2.22. The summed E-state index contributed by atoms with van der Waals surface area (Å²) >= 11 is 0. The molecule has 0 saturated carbocycles. The van der Waals surface area contributed by atoms with E-state index in [9.17, 15) is 0 Å². The molecule has 1 N–H and O–H groups in total. The molecule has 2 nitrogen and oxygen atoms in total. The molecule has 1 aliphatic rings. The van der Waals surface area contributed by atoms with Crippen molar-refractivity contribution in [3.8, 4) is 11.3 Å². The zero-order chi connectivity index (χ0) is 10.8. The van der Waals surface area contributed by atoms with Gasteiger partial charge in [-0.15, -0.1) is 0 Å². The summed E-state index contributed by atoms with van der Waals surface area (Å²) in [6, 6.07) is 12.7. The smallest absolute Gasteiger partial charge is 0.0702 e. The minimum Gasteiger partial charge on any atom is -0.312 e. The molecule has 1 aromatic carbocycles. The molecule has 0 saturated heterocycles. The van der Waals surface area contributed by atoms with Crippen LogP contribution in [0.2, 0.25) is 0 Å². The van der Waals surface area contributed by atoms with E-state index in [1.165, 1.54) is 16.7 Å². The molecule has 1 aliphatic heterocycles. The average molecular weight is 210 g/mol. The van der Waals surface area contributed by atoms with E-state index in [0.29, 0.717) is 0 Å². The fourth-order valence-corrected chi connectivity index (χ4v) is 2.17. The Bertz CT molecular complexity index is 491. The molecule has 80 valence electrons. The summed E-state index contributed by atoms with van der Waals surface area (Å²) in [6.07, 6.45) is 2.96. The maximum Gasteiger partial charge on any atom is 0.0702 e. The lowest BCUT2D eigenvalue weighted by atomic mass is 9.97. The van der Waals surface area contributed by atoms with E-state index in [-0.39, 0.29) is 0 Å². The highest BCUT2D eigenvalue weighted by molar-refractivity contribution is 5.61. The number of hydrogen-bond donors (Lipinski definition) is 1. The molecular formula is C14H14N2. The van der Waals surface area contributed by atoms with Gasteiger partial charge in [-0.1, -0.05) is 18.2 Å². The number of benzene rings is 1. The molecular weight excluding hydrogens is 196 g/mol. The Kier molecular flexibility index (Phi) is 2.43. The van der Waals surface area contributed by atoms with Gasteiger partial charge in [0.05, 0.1) is 5.69 Å². The van der Waals surface area contributed by atoms with E-state index >= 15 is 0 Å². The summed E-state index contributed by atoms with van der Waals surface area (Å²) in [5.74, 6) is 0. The molecule has 2 aromatic rings. The summed E-state index contributed by atoms with van der Waals surface area (Å²) in [5, 5.41) is 3.38. The molecule has 0 radical (unpaired) electrons. The first-order chi connectivity index (χ1) is 7.93. The van der Waals surface area contributed by atoms with Gasteiger partial charge in [0, 0.05) is 18.3 Å². The van der Waals surface area contributed by atoms with Crippen molar-refractivity contribution < 1.29 is 0 Å². The number of pyridine rings is 1. The van der Waals surface area contributed by atoms with Gasteiger partial charge < -0.3 is 5.32 Å². The van der Waals surface area contributed by atoms with Crippen LogP contribution in [-0.2, 0) is 13.0 Å². The van der Waals surface area contributed by atoms with Crippen LogP contribution in [0.25, 0.3) is 11.3 Å². The van der Waals surface area contributed by atoms with Gasteiger partial charge in [0.15, 0.2) is 0 Å². The maximum atomic E-state index is 4.38. The lowest BCUT2D eigenvalue weighted by Gasteiger charge is -2.17. The number of nitrogens with one attached hydrogen (secondary N) is 1. The molecule has 16 heavy (non-hydrogen) atoms. The first-order valence-electron chi connectivity index (χ1n) is 5.67. The number of aromatic nitrogens is 1. The second-order valence-corrected chi connectivity index (χ2v) is 4.13. The number of nitrogens with zero attached hydrogens (tertiary/aromatic N) is 1. The van der Waals surface area contributed by atoms with E-state index in [1.807, 2.05) is 18.3 Å². The number of hydrogen-bond acceptors (Lipinski definition) is 2. The van der Waals surface area contributed by atoms with E-state index in [2.05, 4.69) is 34.6 Å². The predicted octanol–water partition coefficient (Wildman–Crippen LogP) is 2.39. The lowest BCUT2D eigenvalue weighted by molar-refractivity contribution is 0.644. The topological polar surface area (TPSA) is 24.9 Å². The molecule has 1 aromatic heterocycles. The fraction of sp³-hybridized carbons (Fsp3) is 0.214. The summed E-state index contributed by atoms with van der Waals surface area (Å²) in [4.78, 5) is 4.38. The summed E-state index contributed by atoms with van der Waals surface area (Å²) < 4.78 is 0. The van der Waals surface area contributed by atoms with Crippen LogP contribution in [0.1, 0.15) is 11.1 Å². The highest BCUT2D eigenvalue weighted by Gasteiger charge is 2.09. The number of rotatable bonds is 1. The summed E-state index contributed by atoms with van der Waals surface area (Å²) in [5.41, 5.74) is 5.16. The first kappa shape index (κ1) is 9.55. The zero-order valence-electron chi connectivity index (χ0n) is 9.11. The Balaban J connectivity index is 2.03. The summed E-state index contributed by atoms with van der Waals surface area (Å²) in [7, 11) is 0. The van der Waals surface area contributed by atoms with Gasteiger partial charge in [-0.25, -0.2) is 0 Å². The Morgan fingerprint density at radius 3 is 2.94 bits per heavy atom. The number of fused-ring (bicyclic) bond motifs is 1. The van der Waals surface area contributed by atoms with Crippen LogP contribution in [0.15, 0.2) is 42.6 Å². The van der Waals surface area contributed by atoms with Crippen LogP contribution >= 0.6 is 0 Å². The minimum atomic E-state index is 0.998. The van der Waals surface area contributed by atoms with Gasteiger partial charge in [0.2, 0.25) is 0 Å². The van der Waals surface area contributed by atoms with Gasteiger partial charge in [-0.3, -0.25) is 4.98 Å². The van der Waals surface area contributed by atoms with Crippen LogP contribution in [0.4, 0.5) is 0 Å². The fourth-order valence-electron chi connectivity index (χ4n) is 2.17. The molecule has 0 atom stereocenters. The van der Waals surface area contributed by atoms with Crippen molar-refractivity contribution in [1.82, 2.24) is 10.3 Å². The predicted molar refractivity (Wildman–Crippen MR) is 65.1 cm³/mol. The third-order valence-electron chi connectivity index (χ3n) is 3.05. The van der Waals surface area contributed by atoms with E-state index in [4.69, 9.17) is 0 Å². The zero-order valence-corrected chi connectivity index (χ0v) is 9.11. The molecule has 0 amide bonds. The maximum absolute atomic E-state index is 4.38. The van der Waals surface area contributed by atoms with Gasteiger partial charge in [-0.2, -0.15) is 0 Å². The third kappa shape index (κ3) is 1.72. The van der Waals surface area contributed by atoms with E-state index in [0.717, 1.165) is 25.2 Å². The third-order valence-corrected chi connectivity index (χ3v) is 3.05. The van der Waals surface area contributed by atoms with Crippen molar-refractivity contribution in [3.63, 3.8) is 0 Å². The van der Waals surface area contributed by atoms with Crippen LogP contribution < -0.4 is 5.32 Å². The largest absolute Gasteiger partial charge is 0.312 e. The van der Waals surface area contributed by atoms with Gasteiger partial charge in [-0.05, 0) is 42.3 Å². The molecule has 0 unspecified atom stereocenters. The second kappa shape index (κ2) is 4.06. The lowest BCUT2D eigenvalue weighted by Crippen LogP contribution is -2.23. The van der Waals surface area contributed by atoms with Crippen LogP contribution in [0, 0.1) is 0 Å². The first-order valence-corrected chi connectivity index (χ1v) is 5.67. The van der Waals surface area contributed by atoms with Crippen molar-refractivity contribution >= 4 is 0 Å². The highest BCUT2D eigenvalue weighted by atomic mass is 14.9. The van der Waals surface area contributed by atoms with Crippen molar-refractivity contribution in [2.75, 3.05) is 6.54 Å². The van der Waals surface area contributed by atoms with Crippen molar-refractivity contribution in [2.24, 2.45) is 0 Å². The van der Waals surface area contributed by atoms with Gasteiger partial charge >= 0.3 is 0 Å². The van der Waals surface area contributed by atoms with Crippen LogP contribution in [-0.4, -0.2) is 11.5 Å². The SMILES string of the molecule is c1ccc(-c2ccc3c(c2)CCNC3)nc1. The van der Waals surface area contributed by atoms with Crippen LogP contribution in [0.3, 0.4) is 0 Å². The molecule has 0 fully saturated rings. The molecule has 0 spiro atoms. The van der Waals surface area contributed by atoms with Crippen LogP contribution in [0.5, 0.6) is 0 Å². The Hall–Kier alpha value is -1.67. The summed E-state index contributed by atoms with van der Waals surface area (Å²) in [6.45, 7) is 2.08. The van der Waals surface area contributed by atoms with E-state index in [1.54, 1.807) is 0 Å². The Labute approximate surface area is 95.3 Å². The Morgan fingerprint density at radius 2 is 2.06 bits per heavy atom. The molecule has 0 aliphatic carbocycles. The standard InChI is InChI=1S/C14H14N2/c1-2-7-16-14(3-1)12-4-5-13-10-15-8-6-11(13)9-12/h1-5,7,9,15H,6,8,10H2. The second-order valence-electron chi connectivity index (χ2n) is 4.13. The molecule has 2 heterocycles. The van der Waals surface area contributed by atoms with Crippen molar-refractivity contribution in [3.05, 3.63) is 53.7 Å². The normalized spacial score (nSPS) is 14.5.